The zero-order valence-corrected chi connectivity index (χ0v) is 10.1. The van der Waals surface area contributed by atoms with Crippen LogP contribution in [0.15, 0.2) is 29.4 Å². The van der Waals surface area contributed by atoms with E-state index < -0.39 is 17.8 Å². The molecule has 1 unspecified atom stereocenters. The minimum absolute atomic E-state index is 0.00246. The molecule has 1 heterocycles. The quantitative estimate of drug-likeness (QED) is 0.351. The lowest BCUT2D eigenvalue weighted by Crippen LogP contribution is -2.50. The predicted octanol–water partition coefficient (Wildman–Crippen LogP) is 0.413. The largest absolute Gasteiger partial charge is 0.409 e. The molecule has 0 bridgehead atoms. The highest BCUT2D eigenvalue weighted by Crippen LogP contribution is 2.13. The second-order valence-electron chi connectivity index (χ2n) is 4.12. The van der Waals surface area contributed by atoms with E-state index in [0.717, 1.165) is 0 Å². The summed E-state index contributed by atoms with van der Waals surface area (Å²) in [6.07, 6.45) is -0.672. The average Bonchev–Trinajstić information content (AvgIpc) is 2.46. The van der Waals surface area contributed by atoms with Crippen LogP contribution in [0.1, 0.15) is 10.4 Å². The van der Waals surface area contributed by atoms with Gasteiger partial charge in [0.25, 0.3) is 5.91 Å². The minimum Gasteiger partial charge on any atom is -0.409 e. The number of nitrogens with zero attached hydrogens (tertiary/aromatic N) is 2. The number of amides is 1. The molecule has 19 heavy (non-hydrogen) atoms. The van der Waals surface area contributed by atoms with E-state index in [-0.39, 0.29) is 24.6 Å². The summed E-state index contributed by atoms with van der Waals surface area (Å²) in [6.45, 7) is 0.715. The SMILES string of the molecule is NC(=NO)C1CN(C(=O)c2ccccc2F)CCO1. The number of rotatable bonds is 2. The van der Waals surface area contributed by atoms with Crippen LogP contribution in [0.25, 0.3) is 0 Å². The van der Waals surface area contributed by atoms with Gasteiger partial charge in [0.2, 0.25) is 0 Å². The molecular weight excluding hydrogens is 253 g/mol. The molecule has 1 aliphatic rings. The van der Waals surface area contributed by atoms with Crippen molar-refractivity contribution >= 4 is 11.7 Å². The first-order valence-electron chi connectivity index (χ1n) is 5.76. The zero-order valence-electron chi connectivity index (χ0n) is 10.1. The molecule has 7 heteroatoms. The van der Waals surface area contributed by atoms with Gasteiger partial charge in [-0.25, -0.2) is 4.39 Å². The lowest BCUT2D eigenvalue weighted by Gasteiger charge is -2.32. The first kappa shape index (κ1) is 13.3. The highest BCUT2D eigenvalue weighted by atomic mass is 19.1. The Hall–Kier alpha value is -2.15. The van der Waals surface area contributed by atoms with Gasteiger partial charge in [0.05, 0.1) is 18.7 Å². The van der Waals surface area contributed by atoms with E-state index in [9.17, 15) is 9.18 Å². The molecule has 1 aromatic carbocycles. The molecule has 6 nitrogen and oxygen atoms in total. The number of carbonyl (C=O) groups excluding carboxylic acids is 1. The number of morpholine rings is 1. The molecule has 1 amide bonds. The van der Waals surface area contributed by atoms with Gasteiger partial charge < -0.3 is 20.6 Å². The first-order chi connectivity index (χ1) is 9.13. The maximum absolute atomic E-state index is 13.5. The highest BCUT2D eigenvalue weighted by Gasteiger charge is 2.28. The lowest BCUT2D eigenvalue weighted by atomic mass is 10.1. The summed E-state index contributed by atoms with van der Waals surface area (Å²) < 4.78 is 18.8. The Morgan fingerprint density at radius 3 is 2.95 bits per heavy atom. The number of benzene rings is 1. The van der Waals surface area contributed by atoms with Crippen molar-refractivity contribution in [3.63, 3.8) is 0 Å². The first-order valence-corrected chi connectivity index (χ1v) is 5.76. The number of nitrogens with two attached hydrogens (primary N) is 1. The fourth-order valence-corrected chi connectivity index (χ4v) is 1.88. The van der Waals surface area contributed by atoms with Gasteiger partial charge in [-0.15, -0.1) is 0 Å². The molecule has 0 aliphatic carbocycles. The predicted molar refractivity (Wildman–Crippen MR) is 65.5 cm³/mol. The zero-order chi connectivity index (χ0) is 13.8. The number of oxime groups is 1. The van der Waals surface area contributed by atoms with Crippen molar-refractivity contribution in [3.05, 3.63) is 35.6 Å². The van der Waals surface area contributed by atoms with E-state index in [1.807, 2.05) is 0 Å². The molecule has 0 saturated carbocycles. The van der Waals surface area contributed by atoms with Gasteiger partial charge in [-0.1, -0.05) is 17.3 Å². The average molecular weight is 267 g/mol. The normalized spacial score (nSPS) is 20.4. The number of hydrogen-bond acceptors (Lipinski definition) is 4. The topological polar surface area (TPSA) is 88.2 Å². The third kappa shape index (κ3) is 2.82. The summed E-state index contributed by atoms with van der Waals surface area (Å²) in [7, 11) is 0. The van der Waals surface area contributed by atoms with Crippen LogP contribution in [0, 0.1) is 5.82 Å². The van der Waals surface area contributed by atoms with E-state index in [1.54, 1.807) is 6.07 Å². The fourth-order valence-electron chi connectivity index (χ4n) is 1.88. The molecule has 0 spiro atoms. The molecule has 1 aromatic rings. The molecule has 2 rings (SSSR count). The third-order valence-electron chi connectivity index (χ3n) is 2.90. The van der Waals surface area contributed by atoms with Crippen molar-refractivity contribution in [3.8, 4) is 0 Å². The third-order valence-corrected chi connectivity index (χ3v) is 2.90. The van der Waals surface area contributed by atoms with E-state index >= 15 is 0 Å². The maximum Gasteiger partial charge on any atom is 0.257 e. The van der Waals surface area contributed by atoms with Crippen molar-refractivity contribution in [2.75, 3.05) is 19.7 Å². The summed E-state index contributed by atoms with van der Waals surface area (Å²) >= 11 is 0. The second-order valence-corrected chi connectivity index (χ2v) is 4.12. The number of halogens is 1. The Bertz CT molecular complexity index is 507. The maximum atomic E-state index is 13.5. The van der Waals surface area contributed by atoms with Crippen LogP contribution in [0.5, 0.6) is 0 Å². The van der Waals surface area contributed by atoms with Crippen molar-refractivity contribution in [2.24, 2.45) is 10.9 Å². The number of amidine groups is 1. The van der Waals surface area contributed by atoms with Crippen molar-refractivity contribution in [1.82, 2.24) is 4.90 Å². The molecule has 1 fully saturated rings. The van der Waals surface area contributed by atoms with Gasteiger partial charge in [-0.05, 0) is 12.1 Å². The monoisotopic (exact) mass is 267 g/mol. The minimum atomic E-state index is -0.672. The van der Waals surface area contributed by atoms with Gasteiger partial charge in [0, 0.05) is 6.54 Å². The lowest BCUT2D eigenvalue weighted by molar-refractivity contribution is 0.00654. The Morgan fingerprint density at radius 1 is 1.53 bits per heavy atom. The molecule has 3 N–H and O–H groups in total. The van der Waals surface area contributed by atoms with Crippen LogP contribution in [0.2, 0.25) is 0 Å². The molecular formula is C12H14FN3O3. The van der Waals surface area contributed by atoms with Crippen LogP contribution in [0.4, 0.5) is 4.39 Å². The molecule has 0 aromatic heterocycles. The van der Waals surface area contributed by atoms with Crippen molar-refractivity contribution in [1.29, 1.82) is 0 Å². The van der Waals surface area contributed by atoms with E-state index in [4.69, 9.17) is 15.7 Å². The van der Waals surface area contributed by atoms with Gasteiger partial charge in [-0.2, -0.15) is 0 Å². The summed E-state index contributed by atoms with van der Waals surface area (Å²) in [5.74, 6) is -1.11. The number of carbonyl (C=O) groups is 1. The summed E-state index contributed by atoms with van der Waals surface area (Å²) in [5, 5.41) is 11.4. The Balaban J connectivity index is 2.14. The molecule has 102 valence electrons. The van der Waals surface area contributed by atoms with Crippen molar-refractivity contribution < 1.29 is 19.1 Å². The van der Waals surface area contributed by atoms with E-state index in [1.165, 1.54) is 23.1 Å². The smallest absolute Gasteiger partial charge is 0.257 e. The number of hydrogen-bond donors (Lipinski definition) is 2. The molecule has 1 aliphatic heterocycles. The Morgan fingerprint density at radius 2 is 2.26 bits per heavy atom. The van der Waals surface area contributed by atoms with Gasteiger partial charge in [-0.3, -0.25) is 4.79 Å². The highest BCUT2D eigenvalue weighted by molar-refractivity contribution is 5.95. The molecule has 1 atom stereocenters. The van der Waals surface area contributed by atoms with Crippen LogP contribution in [-0.2, 0) is 4.74 Å². The van der Waals surface area contributed by atoms with Crippen LogP contribution >= 0.6 is 0 Å². The standard InChI is InChI=1S/C12H14FN3O3/c13-9-4-2-1-3-8(9)12(17)16-5-6-19-10(7-16)11(14)15-18/h1-4,10,18H,5-7H2,(H2,14,15). The van der Waals surface area contributed by atoms with Crippen LogP contribution in [-0.4, -0.2) is 47.7 Å². The summed E-state index contributed by atoms with van der Waals surface area (Å²) in [5.41, 5.74) is 5.44. The van der Waals surface area contributed by atoms with Crippen LogP contribution < -0.4 is 5.73 Å². The number of ether oxygens (including phenoxy) is 1. The summed E-state index contributed by atoms with van der Waals surface area (Å²) in [4.78, 5) is 13.6. The van der Waals surface area contributed by atoms with Crippen molar-refractivity contribution in [2.45, 2.75) is 6.10 Å². The van der Waals surface area contributed by atoms with Gasteiger partial charge >= 0.3 is 0 Å². The van der Waals surface area contributed by atoms with E-state index in [0.29, 0.717) is 6.54 Å². The second kappa shape index (κ2) is 5.66. The molecule has 0 radical (unpaired) electrons. The van der Waals surface area contributed by atoms with Gasteiger partial charge in [0.15, 0.2) is 5.84 Å². The van der Waals surface area contributed by atoms with E-state index in [2.05, 4.69) is 5.16 Å². The Labute approximate surface area is 109 Å². The Kier molecular flexibility index (Phi) is 3.96. The van der Waals surface area contributed by atoms with Crippen LogP contribution in [0.3, 0.4) is 0 Å². The fraction of sp³-hybridized carbons (Fsp3) is 0.333. The molecule has 1 saturated heterocycles. The summed E-state index contributed by atoms with van der Waals surface area (Å²) in [6, 6.07) is 5.77. The van der Waals surface area contributed by atoms with Gasteiger partial charge in [0.1, 0.15) is 11.9 Å².